The van der Waals surface area contributed by atoms with Crippen LogP contribution in [0.5, 0.6) is 5.88 Å². The molecular weight excluding hydrogens is 288 g/mol. The summed E-state index contributed by atoms with van der Waals surface area (Å²) in [4.78, 5) is 5.72. The standard InChI is InChI=1S/C15H14N2O3S/c1-10-13(9-19-14-7-12(8-18)20-17-14)16-15(21-10)11-5-3-2-4-6-11/h2-7,18H,8-9H2,1H3. The zero-order chi connectivity index (χ0) is 14.7. The molecule has 3 rings (SSSR count). The zero-order valence-corrected chi connectivity index (χ0v) is 12.3. The van der Waals surface area contributed by atoms with Crippen LogP contribution in [0, 0.1) is 6.92 Å². The van der Waals surface area contributed by atoms with Gasteiger partial charge in [0.25, 0.3) is 5.88 Å². The Hall–Kier alpha value is -2.18. The second-order valence-corrected chi connectivity index (χ2v) is 5.67. The van der Waals surface area contributed by atoms with Gasteiger partial charge in [-0.25, -0.2) is 4.98 Å². The van der Waals surface area contributed by atoms with Crippen LogP contribution in [0.1, 0.15) is 16.3 Å². The average molecular weight is 302 g/mol. The molecule has 0 radical (unpaired) electrons. The van der Waals surface area contributed by atoms with E-state index < -0.39 is 0 Å². The molecule has 0 aliphatic carbocycles. The van der Waals surface area contributed by atoms with E-state index in [-0.39, 0.29) is 6.61 Å². The second kappa shape index (κ2) is 6.07. The van der Waals surface area contributed by atoms with Crippen LogP contribution in [-0.2, 0) is 13.2 Å². The Balaban J connectivity index is 1.73. The average Bonchev–Trinajstić information content (AvgIpc) is 3.12. The highest BCUT2D eigenvalue weighted by Gasteiger charge is 2.11. The molecule has 0 saturated heterocycles. The van der Waals surface area contributed by atoms with E-state index in [2.05, 4.69) is 10.1 Å². The Bertz CT molecular complexity index is 722. The summed E-state index contributed by atoms with van der Waals surface area (Å²) >= 11 is 1.64. The van der Waals surface area contributed by atoms with E-state index in [1.165, 1.54) is 0 Å². The van der Waals surface area contributed by atoms with E-state index in [9.17, 15) is 0 Å². The molecule has 0 bridgehead atoms. The number of aliphatic hydroxyl groups is 1. The first-order valence-corrected chi connectivity index (χ1v) is 7.29. The van der Waals surface area contributed by atoms with Crippen molar-refractivity contribution in [1.82, 2.24) is 10.1 Å². The lowest BCUT2D eigenvalue weighted by molar-refractivity contribution is 0.220. The normalized spacial score (nSPS) is 10.8. The Morgan fingerprint density at radius 3 is 2.81 bits per heavy atom. The molecule has 0 fully saturated rings. The first-order chi connectivity index (χ1) is 10.3. The van der Waals surface area contributed by atoms with Gasteiger partial charge >= 0.3 is 0 Å². The number of aryl methyl sites for hydroxylation is 1. The molecule has 2 heterocycles. The third kappa shape index (κ3) is 3.12. The van der Waals surface area contributed by atoms with Gasteiger partial charge in [-0.1, -0.05) is 30.3 Å². The molecule has 3 aromatic rings. The Kier molecular flexibility index (Phi) is 3.98. The number of nitrogens with zero attached hydrogens (tertiary/aromatic N) is 2. The molecular formula is C15H14N2O3S. The zero-order valence-electron chi connectivity index (χ0n) is 11.4. The molecule has 1 N–H and O–H groups in total. The lowest BCUT2D eigenvalue weighted by atomic mass is 10.2. The van der Waals surface area contributed by atoms with E-state index in [0.717, 1.165) is 21.1 Å². The molecule has 21 heavy (non-hydrogen) atoms. The van der Waals surface area contributed by atoms with E-state index in [1.807, 2.05) is 37.3 Å². The maximum Gasteiger partial charge on any atom is 0.254 e. The summed E-state index contributed by atoms with van der Waals surface area (Å²) in [7, 11) is 0. The molecule has 2 aromatic heterocycles. The summed E-state index contributed by atoms with van der Waals surface area (Å²) in [5.74, 6) is 0.734. The Labute approximate surface area is 125 Å². The van der Waals surface area contributed by atoms with Gasteiger partial charge in [0.05, 0.1) is 5.69 Å². The van der Waals surface area contributed by atoms with Crippen LogP contribution < -0.4 is 4.74 Å². The summed E-state index contributed by atoms with van der Waals surface area (Å²) < 4.78 is 10.4. The summed E-state index contributed by atoms with van der Waals surface area (Å²) in [6.45, 7) is 2.15. The summed E-state index contributed by atoms with van der Waals surface area (Å²) in [6, 6.07) is 11.6. The maximum absolute atomic E-state index is 8.91. The highest BCUT2D eigenvalue weighted by Crippen LogP contribution is 2.28. The molecule has 5 nitrogen and oxygen atoms in total. The van der Waals surface area contributed by atoms with E-state index in [0.29, 0.717) is 18.2 Å². The van der Waals surface area contributed by atoms with Crippen LogP contribution >= 0.6 is 11.3 Å². The number of aromatic nitrogens is 2. The molecule has 0 aliphatic heterocycles. The van der Waals surface area contributed by atoms with Gasteiger partial charge in [0.2, 0.25) is 0 Å². The van der Waals surface area contributed by atoms with E-state index in [4.69, 9.17) is 14.4 Å². The van der Waals surface area contributed by atoms with Gasteiger partial charge < -0.3 is 14.4 Å². The van der Waals surface area contributed by atoms with Crippen LogP contribution in [0.15, 0.2) is 40.9 Å². The van der Waals surface area contributed by atoms with Crippen LogP contribution in [0.3, 0.4) is 0 Å². The molecule has 0 saturated carbocycles. The van der Waals surface area contributed by atoms with Crippen molar-refractivity contribution in [2.24, 2.45) is 0 Å². The fraction of sp³-hybridized carbons (Fsp3) is 0.200. The first kappa shape index (κ1) is 13.8. The molecule has 0 amide bonds. The number of hydrogen-bond donors (Lipinski definition) is 1. The van der Waals surface area contributed by atoms with Crippen molar-refractivity contribution in [2.45, 2.75) is 20.1 Å². The number of thiazole rings is 1. The molecule has 0 spiro atoms. The third-order valence-corrected chi connectivity index (χ3v) is 4.03. The molecule has 0 atom stereocenters. The fourth-order valence-corrected chi connectivity index (χ4v) is 2.77. The van der Waals surface area contributed by atoms with Gasteiger partial charge in [-0.3, -0.25) is 0 Å². The minimum atomic E-state index is -0.190. The number of ether oxygens (including phenoxy) is 1. The lowest BCUT2D eigenvalue weighted by Crippen LogP contribution is -1.97. The van der Waals surface area contributed by atoms with Crippen LogP contribution in [0.4, 0.5) is 0 Å². The predicted molar refractivity (Wildman–Crippen MR) is 79.0 cm³/mol. The largest absolute Gasteiger partial charge is 0.469 e. The molecule has 108 valence electrons. The fourth-order valence-electron chi connectivity index (χ4n) is 1.85. The Morgan fingerprint density at radius 2 is 2.10 bits per heavy atom. The minimum absolute atomic E-state index is 0.190. The highest BCUT2D eigenvalue weighted by molar-refractivity contribution is 7.15. The SMILES string of the molecule is Cc1sc(-c2ccccc2)nc1COc1cc(CO)on1. The van der Waals surface area contributed by atoms with Crippen LogP contribution in [0.2, 0.25) is 0 Å². The number of benzene rings is 1. The minimum Gasteiger partial charge on any atom is -0.469 e. The van der Waals surface area contributed by atoms with Crippen molar-refractivity contribution >= 4 is 11.3 Å². The quantitative estimate of drug-likeness (QED) is 0.784. The van der Waals surface area contributed by atoms with Gasteiger partial charge in [-0.05, 0) is 12.1 Å². The van der Waals surface area contributed by atoms with Crippen molar-refractivity contribution < 1.29 is 14.4 Å². The topological polar surface area (TPSA) is 68.4 Å². The lowest BCUT2D eigenvalue weighted by Gasteiger charge is -1.99. The van der Waals surface area contributed by atoms with Gasteiger partial charge in [0, 0.05) is 16.5 Å². The molecule has 1 aromatic carbocycles. The van der Waals surface area contributed by atoms with Gasteiger partial charge in [-0.2, -0.15) is 0 Å². The van der Waals surface area contributed by atoms with Crippen molar-refractivity contribution in [3.63, 3.8) is 0 Å². The third-order valence-electron chi connectivity index (χ3n) is 2.96. The molecule has 0 unspecified atom stereocenters. The number of rotatable bonds is 5. The van der Waals surface area contributed by atoms with Crippen molar-refractivity contribution in [2.75, 3.05) is 0 Å². The number of hydrogen-bond acceptors (Lipinski definition) is 6. The first-order valence-electron chi connectivity index (χ1n) is 6.47. The smallest absolute Gasteiger partial charge is 0.254 e. The maximum atomic E-state index is 8.91. The summed E-state index contributed by atoms with van der Waals surface area (Å²) in [5, 5.41) is 13.6. The van der Waals surface area contributed by atoms with E-state index >= 15 is 0 Å². The summed E-state index contributed by atoms with van der Waals surface area (Å²) in [6.07, 6.45) is 0. The summed E-state index contributed by atoms with van der Waals surface area (Å²) in [5.41, 5.74) is 1.98. The molecule has 6 heteroatoms. The second-order valence-electron chi connectivity index (χ2n) is 4.47. The van der Waals surface area contributed by atoms with Crippen LogP contribution in [0.25, 0.3) is 10.6 Å². The number of aliphatic hydroxyl groups excluding tert-OH is 1. The Morgan fingerprint density at radius 1 is 1.29 bits per heavy atom. The monoisotopic (exact) mass is 302 g/mol. The van der Waals surface area contributed by atoms with Gasteiger partial charge in [0.15, 0.2) is 5.76 Å². The van der Waals surface area contributed by atoms with E-state index in [1.54, 1.807) is 17.4 Å². The van der Waals surface area contributed by atoms with Crippen molar-refractivity contribution in [3.05, 3.63) is 52.7 Å². The van der Waals surface area contributed by atoms with Crippen molar-refractivity contribution in [3.8, 4) is 16.5 Å². The highest BCUT2D eigenvalue weighted by atomic mass is 32.1. The van der Waals surface area contributed by atoms with Crippen molar-refractivity contribution in [1.29, 1.82) is 0 Å². The van der Waals surface area contributed by atoms with Gasteiger partial charge in [-0.15, -0.1) is 11.3 Å². The van der Waals surface area contributed by atoms with Gasteiger partial charge in [0.1, 0.15) is 18.2 Å². The molecule has 0 aliphatic rings. The van der Waals surface area contributed by atoms with Crippen LogP contribution in [-0.4, -0.2) is 15.2 Å². The predicted octanol–water partition coefficient (Wildman–Crippen LogP) is 3.18.